The van der Waals surface area contributed by atoms with Crippen molar-refractivity contribution in [3.63, 3.8) is 0 Å². The molecule has 2 aliphatic heterocycles. The highest BCUT2D eigenvalue weighted by atomic mass is 16.5. The molecular weight excluding hydrogens is 869 g/mol. The van der Waals surface area contributed by atoms with Crippen LogP contribution in [-0.4, -0.2) is 51.5 Å². The van der Waals surface area contributed by atoms with Crippen LogP contribution in [0.15, 0.2) is 170 Å². The molecule has 354 valence electrons. The number of fused-ring (bicyclic) bond motifs is 4. The molecule has 0 amide bonds. The standard InChI is InChI=1S/C62H60N2O6/c1-39(49-16-9-13-43-12-5-6-14-51(43)49)63-38-48-36-58(45-28-24-42(25-29-45)33-62(66)68-4)56-31-30-46(34-60(56)70-48)52-18-11-19-53-50(17-10-20-54(52)53)40(2)64-37-47-35-57(55-15-7-8-21-59(55)69-47)44-26-22-41(23-27-44)32-61(65)67-3/h5-31,34,39-40,47-48,57-58,63-64H,32-33,35-38H2,1-4H3/t39-,40-,47-,48-,57-,58+/m1/s1. The molecule has 0 fully saturated rings. The van der Waals surface area contributed by atoms with Gasteiger partial charge in [0.2, 0.25) is 0 Å². The lowest BCUT2D eigenvalue weighted by Crippen LogP contribution is -2.37. The van der Waals surface area contributed by atoms with Crippen molar-refractivity contribution < 1.29 is 28.5 Å². The maximum absolute atomic E-state index is 12.1. The van der Waals surface area contributed by atoms with E-state index in [0.29, 0.717) is 13.1 Å². The van der Waals surface area contributed by atoms with Gasteiger partial charge >= 0.3 is 11.9 Å². The van der Waals surface area contributed by atoms with Crippen molar-refractivity contribution in [2.45, 2.75) is 75.7 Å². The zero-order valence-electron chi connectivity index (χ0n) is 40.3. The predicted molar refractivity (Wildman–Crippen MR) is 279 cm³/mol. The Balaban J connectivity index is 0.892. The Labute approximate surface area is 411 Å². The highest BCUT2D eigenvalue weighted by molar-refractivity contribution is 5.99. The molecule has 8 aromatic rings. The van der Waals surface area contributed by atoms with Gasteiger partial charge in [-0.15, -0.1) is 0 Å². The smallest absolute Gasteiger partial charge is 0.309 e. The molecule has 6 atom stereocenters. The molecule has 2 N–H and O–H groups in total. The van der Waals surface area contributed by atoms with Gasteiger partial charge in [-0.05, 0) is 105 Å². The normalized spacial score (nSPS) is 18.2. The van der Waals surface area contributed by atoms with E-state index in [-0.39, 0.29) is 60.9 Å². The fraction of sp³-hybridized carbons (Fsp3) is 0.258. The van der Waals surface area contributed by atoms with Crippen molar-refractivity contribution in [1.29, 1.82) is 0 Å². The topological polar surface area (TPSA) is 95.1 Å². The summed E-state index contributed by atoms with van der Waals surface area (Å²) in [5.41, 5.74) is 11.4. The van der Waals surface area contributed by atoms with Crippen molar-refractivity contribution in [3.05, 3.63) is 214 Å². The monoisotopic (exact) mass is 928 g/mol. The van der Waals surface area contributed by atoms with Crippen LogP contribution in [0.5, 0.6) is 11.5 Å². The number of rotatable bonds is 15. The van der Waals surface area contributed by atoms with Gasteiger partial charge in [-0.2, -0.15) is 0 Å². The van der Waals surface area contributed by atoms with E-state index >= 15 is 0 Å². The summed E-state index contributed by atoms with van der Waals surface area (Å²) in [7, 11) is 2.85. The number of hydrogen-bond acceptors (Lipinski definition) is 8. The molecule has 8 aromatic carbocycles. The van der Waals surface area contributed by atoms with Gasteiger partial charge in [0.25, 0.3) is 0 Å². The third kappa shape index (κ3) is 9.93. The van der Waals surface area contributed by atoms with Crippen LogP contribution in [0, 0.1) is 0 Å². The molecule has 0 saturated heterocycles. The van der Waals surface area contributed by atoms with Gasteiger partial charge in [0, 0.05) is 48.1 Å². The lowest BCUT2D eigenvalue weighted by atomic mass is 9.82. The quantitative estimate of drug-likeness (QED) is 0.0982. The lowest BCUT2D eigenvalue weighted by Gasteiger charge is -2.34. The number of hydrogen-bond donors (Lipinski definition) is 2. The summed E-state index contributed by atoms with van der Waals surface area (Å²) in [6.45, 7) is 5.82. The summed E-state index contributed by atoms with van der Waals surface area (Å²) < 4.78 is 23.5. The molecule has 0 unspecified atom stereocenters. The number of benzene rings is 8. The number of ether oxygens (including phenoxy) is 4. The van der Waals surface area contributed by atoms with Crippen LogP contribution in [0.1, 0.15) is 95.1 Å². The third-order valence-corrected chi connectivity index (χ3v) is 14.5. The summed E-state index contributed by atoms with van der Waals surface area (Å²) in [6.07, 6.45) is 2.02. The highest BCUT2D eigenvalue weighted by Gasteiger charge is 2.32. The van der Waals surface area contributed by atoms with Crippen LogP contribution in [0.25, 0.3) is 32.7 Å². The molecule has 0 aliphatic carbocycles. The maximum atomic E-state index is 12.1. The zero-order valence-corrected chi connectivity index (χ0v) is 40.3. The van der Waals surface area contributed by atoms with Crippen LogP contribution in [0.3, 0.4) is 0 Å². The Bertz CT molecular complexity index is 3140. The van der Waals surface area contributed by atoms with Gasteiger partial charge in [-0.25, -0.2) is 0 Å². The number of carbonyl (C=O) groups is 2. The number of para-hydroxylation sites is 1. The number of nitrogens with one attached hydrogen (secondary N) is 2. The van der Waals surface area contributed by atoms with E-state index in [1.54, 1.807) is 0 Å². The average Bonchev–Trinajstić information content (AvgIpc) is 3.40. The van der Waals surface area contributed by atoms with Crippen LogP contribution in [-0.2, 0) is 31.9 Å². The van der Waals surface area contributed by atoms with Gasteiger partial charge in [-0.3, -0.25) is 9.59 Å². The summed E-state index contributed by atoms with van der Waals surface area (Å²) in [6, 6.07) is 60.3. The summed E-state index contributed by atoms with van der Waals surface area (Å²) >= 11 is 0. The summed E-state index contributed by atoms with van der Waals surface area (Å²) in [5.74, 6) is 1.59. The molecular formula is C62H60N2O6. The summed E-state index contributed by atoms with van der Waals surface area (Å²) in [4.78, 5) is 24.0. The Hall–Kier alpha value is -7.26. The van der Waals surface area contributed by atoms with E-state index in [1.807, 2.05) is 30.3 Å². The van der Waals surface area contributed by atoms with E-state index in [9.17, 15) is 9.59 Å². The Morgan fingerprint density at radius 3 is 1.67 bits per heavy atom. The van der Waals surface area contributed by atoms with Gasteiger partial charge in [-0.1, -0.05) is 158 Å². The third-order valence-electron chi connectivity index (χ3n) is 14.5. The molecule has 2 heterocycles. The number of esters is 2. The summed E-state index contributed by atoms with van der Waals surface area (Å²) in [5, 5.41) is 12.6. The van der Waals surface area contributed by atoms with Gasteiger partial charge < -0.3 is 29.6 Å². The van der Waals surface area contributed by atoms with Crippen LogP contribution < -0.4 is 20.1 Å². The molecule has 0 radical (unpaired) electrons. The van der Waals surface area contributed by atoms with Gasteiger partial charge in [0.05, 0.1) is 27.1 Å². The Morgan fingerprint density at radius 2 is 1.03 bits per heavy atom. The first-order chi connectivity index (χ1) is 34.2. The molecule has 0 aromatic heterocycles. The first-order valence-corrected chi connectivity index (χ1v) is 24.6. The zero-order chi connectivity index (χ0) is 48.1. The largest absolute Gasteiger partial charge is 0.489 e. The SMILES string of the molecule is COC(=O)Cc1ccc([C@H]2C[C@H](CN[C@H](C)c3cccc4c(-c5ccc6c(c5)O[C@@H](CN[C@H](C)c5cccc7ccccc57)C[C@H]6c5ccc(CC(=O)OC)cc5)cccc34)Oc3ccccc32)cc1. The fourth-order valence-electron chi connectivity index (χ4n) is 10.7. The maximum Gasteiger partial charge on any atom is 0.309 e. The van der Waals surface area contributed by atoms with E-state index < -0.39 is 0 Å². The number of methoxy groups -OCH3 is 2. The van der Waals surface area contributed by atoms with E-state index in [0.717, 1.165) is 52.2 Å². The van der Waals surface area contributed by atoms with Gasteiger partial charge in [0.15, 0.2) is 0 Å². The van der Waals surface area contributed by atoms with Crippen molar-refractivity contribution >= 4 is 33.5 Å². The fourth-order valence-corrected chi connectivity index (χ4v) is 10.7. The van der Waals surface area contributed by atoms with Crippen LogP contribution in [0.2, 0.25) is 0 Å². The molecule has 8 heteroatoms. The second-order valence-electron chi connectivity index (χ2n) is 18.9. The Kier molecular flexibility index (Phi) is 13.8. The average molecular weight is 929 g/mol. The molecule has 0 spiro atoms. The minimum atomic E-state index is -0.247. The highest BCUT2D eigenvalue weighted by Crippen LogP contribution is 2.44. The van der Waals surface area contributed by atoms with Crippen molar-refractivity contribution in [1.82, 2.24) is 10.6 Å². The molecule has 8 nitrogen and oxygen atoms in total. The molecule has 0 saturated carbocycles. The minimum Gasteiger partial charge on any atom is -0.489 e. The van der Waals surface area contributed by atoms with E-state index in [2.05, 4.69) is 164 Å². The Morgan fingerprint density at radius 1 is 0.529 bits per heavy atom. The van der Waals surface area contributed by atoms with E-state index in [1.165, 1.54) is 63.6 Å². The molecule has 2 aliphatic rings. The van der Waals surface area contributed by atoms with Crippen molar-refractivity contribution in [2.24, 2.45) is 0 Å². The van der Waals surface area contributed by atoms with Crippen LogP contribution >= 0.6 is 0 Å². The minimum absolute atomic E-state index is 0.0415. The molecule has 10 rings (SSSR count). The molecule has 70 heavy (non-hydrogen) atoms. The molecule has 0 bridgehead atoms. The van der Waals surface area contributed by atoms with Crippen molar-refractivity contribution in [3.8, 4) is 22.6 Å². The van der Waals surface area contributed by atoms with Crippen molar-refractivity contribution in [2.75, 3.05) is 27.3 Å². The first kappa shape index (κ1) is 46.5. The van der Waals surface area contributed by atoms with E-state index in [4.69, 9.17) is 18.9 Å². The second-order valence-corrected chi connectivity index (χ2v) is 18.9. The second kappa shape index (κ2) is 20.8. The number of carbonyl (C=O) groups excluding carboxylic acids is 2. The van der Waals surface area contributed by atoms with Crippen LogP contribution in [0.4, 0.5) is 0 Å². The first-order valence-electron chi connectivity index (χ1n) is 24.6. The predicted octanol–water partition coefficient (Wildman–Crippen LogP) is 12.4. The lowest BCUT2D eigenvalue weighted by molar-refractivity contribution is -0.140. The van der Waals surface area contributed by atoms with Gasteiger partial charge in [0.1, 0.15) is 23.7 Å².